The first-order valence-electron chi connectivity index (χ1n) is 8.88. The van der Waals surface area contributed by atoms with Gasteiger partial charge in [0, 0.05) is 67.7 Å². The molecule has 0 aliphatic heterocycles. The molecule has 0 atom stereocenters. The van der Waals surface area contributed by atoms with Crippen LogP contribution in [-0.4, -0.2) is 21.6 Å². The first-order chi connectivity index (χ1) is 12.6. The smallest absolute Gasteiger partial charge is 0.216 e. The zero-order valence-electron chi connectivity index (χ0n) is 15.4. The number of carbonyl (C=O) groups is 1. The number of nitrogens with zero attached hydrogens (tertiary/aromatic N) is 2. The van der Waals surface area contributed by atoms with Gasteiger partial charge < -0.3 is 14.5 Å². The van der Waals surface area contributed by atoms with Crippen molar-refractivity contribution >= 4 is 27.7 Å². The minimum atomic E-state index is -0.00419. The van der Waals surface area contributed by atoms with Crippen LogP contribution in [0.4, 0.5) is 0 Å². The molecule has 0 saturated heterocycles. The van der Waals surface area contributed by atoms with Crippen molar-refractivity contribution in [3.63, 3.8) is 0 Å². The Labute approximate surface area is 153 Å². The molecule has 0 aliphatic carbocycles. The Morgan fingerprint density at radius 1 is 0.885 bits per heavy atom. The van der Waals surface area contributed by atoms with E-state index in [2.05, 4.69) is 89.5 Å². The van der Waals surface area contributed by atoms with Crippen LogP contribution < -0.4 is 5.32 Å². The molecule has 4 heteroatoms. The molecular weight excluding hydrogens is 322 g/mol. The number of aromatic nitrogens is 2. The lowest BCUT2D eigenvalue weighted by Crippen LogP contribution is -2.26. The third-order valence-corrected chi connectivity index (χ3v) is 5.16. The normalized spacial score (nSPS) is 11.5. The summed E-state index contributed by atoms with van der Waals surface area (Å²) in [6.07, 6.45) is 4.39. The highest BCUT2D eigenvalue weighted by atomic mass is 16.1. The summed E-state index contributed by atoms with van der Waals surface area (Å²) >= 11 is 0. The SMILES string of the molecule is CC(=O)NCC(c1cn(C)c2ccccc12)c1cn(C)c2ccccc12. The van der Waals surface area contributed by atoms with E-state index in [4.69, 9.17) is 0 Å². The number of nitrogens with one attached hydrogen (secondary N) is 1. The van der Waals surface area contributed by atoms with Crippen LogP contribution in [0.5, 0.6) is 0 Å². The molecule has 4 nitrogen and oxygen atoms in total. The van der Waals surface area contributed by atoms with E-state index in [1.165, 1.54) is 32.9 Å². The lowest BCUT2D eigenvalue weighted by atomic mass is 9.90. The summed E-state index contributed by atoms with van der Waals surface area (Å²) < 4.78 is 4.33. The van der Waals surface area contributed by atoms with Crippen LogP contribution >= 0.6 is 0 Å². The average molecular weight is 345 g/mol. The van der Waals surface area contributed by atoms with Crippen molar-refractivity contribution in [3.8, 4) is 0 Å². The van der Waals surface area contributed by atoms with Gasteiger partial charge in [-0.05, 0) is 23.3 Å². The molecule has 1 amide bonds. The van der Waals surface area contributed by atoms with Gasteiger partial charge in [-0.1, -0.05) is 36.4 Å². The van der Waals surface area contributed by atoms with E-state index in [1.54, 1.807) is 6.92 Å². The van der Waals surface area contributed by atoms with E-state index >= 15 is 0 Å². The van der Waals surface area contributed by atoms with Gasteiger partial charge in [-0.25, -0.2) is 0 Å². The second-order valence-electron chi connectivity index (χ2n) is 6.91. The Bertz CT molecular complexity index is 1020. The Kier molecular flexibility index (Phi) is 4.03. The third-order valence-electron chi connectivity index (χ3n) is 5.16. The van der Waals surface area contributed by atoms with Crippen molar-refractivity contribution in [2.45, 2.75) is 12.8 Å². The lowest BCUT2D eigenvalue weighted by Gasteiger charge is -2.17. The largest absolute Gasteiger partial charge is 0.355 e. The summed E-state index contributed by atoms with van der Waals surface area (Å²) in [4.78, 5) is 11.6. The predicted octanol–water partition coefficient (Wildman–Crippen LogP) is 3.94. The number of benzene rings is 2. The van der Waals surface area contributed by atoms with Crippen LogP contribution in [0.15, 0.2) is 60.9 Å². The Hall–Kier alpha value is -3.01. The fourth-order valence-corrected chi connectivity index (χ4v) is 3.93. The van der Waals surface area contributed by atoms with Gasteiger partial charge in [0.2, 0.25) is 5.91 Å². The highest BCUT2D eigenvalue weighted by molar-refractivity contribution is 5.89. The summed E-state index contributed by atoms with van der Waals surface area (Å²) in [5, 5.41) is 5.50. The first kappa shape index (κ1) is 16.5. The molecule has 0 bridgehead atoms. The van der Waals surface area contributed by atoms with E-state index in [0.717, 1.165) is 0 Å². The molecule has 4 rings (SSSR count). The minimum absolute atomic E-state index is 0.00419. The average Bonchev–Trinajstić information content (AvgIpc) is 3.14. The number of hydrogen-bond donors (Lipinski definition) is 1. The van der Waals surface area contributed by atoms with Crippen LogP contribution in [0.2, 0.25) is 0 Å². The molecule has 0 saturated carbocycles. The van der Waals surface area contributed by atoms with Crippen LogP contribution in [-0.2, 0) is 18.9 Å². The number of aryl methyl sites for hydroxylation is 2. The molecule has 2 aromatic carbocycles. The van der Waals surface area contributed by atoms with Crippen molar-refractivity contribution in [1.29, 1.82) is 0 Å². The van der Waals surface area contributed by atoms with Gasteiger partial charge in [-0.3, -0.25) is 4.79 Å². The number of amides is 1. The van der Waals surface area contributed by atoms with Gasteiger partial charge >= 0.3 is 0 Å². The standard InChI is InChI=1S/C22H23N3O/c1-15(26)23-12-18(19-13-24(2)21-10-6-4-8-16(19)21)20-14-25(3)22-11-7-5-9-17(20)22/h4-11,13-14,18H,12H2,1-3H3,(H,23,26). The highest BCUT2D eigenvalue weighted by Gasteiger charge is 2.23. The molecule has 0 radical (unpaired) electrons. The van der Waals surface area contributed by atoms with E-state index in [0.29, 0.717) is 6.54 Å². The van der Waals surface area contributed by atoms with Crippen molar-refractivity contribution in [2.24, 2.45) is 14.1 Å². The van der Waals surface area contributed by atoms with Gasteiger partial charge in [-0.2, -0.15) is 0 Å². The molecule has 0 unspecified atom stereocenters. The topological polar surface area (TPSA) is 39.0 Å². The minimum Gasteiger partial charge on any atom is -0.355 e. The third kappa shape index (κ3) is 2.68. The van der Waals surface area contributed by atoms with Crippen LogP contribution in [0.3, 0.4) is 0 Å². The number of rotatable bonds is 4. The van der Waals surface area contributed by atoms with E-state index in [9.17, 15) is 4.79 Å². The summed E-state index contributed by atoms with van der Waals surface area (Å²) in [5.74, 6) is 0.0894. The highest BCUT2D eigenvalue weighted by Crippen LogP contribution is 2.35. The molecule has 0 aliphatic rings. The Morgan fingerprint density at radius 3 is 1.81 bits per heavy atom. The van der Waals surface area contributed by atoms with Crippen molar-refractivity contribution in [1.82, 2.24) is 14.5 Å². The fraction of sp³-hybridized carbons (Fsp3) is 0.227. The van der Waals surface area contributed by atoms with Gasteiger partial charge in [-0.15, -0.1) is 0 Å². The maximum absolute atomic E-state index is 11.6. The summed E-state index contributed by atoms with van der Waals surface area (Å²) in [5.41, 5.74) is 4.90. The zero-order valence-corrected chi connectivity index (χ0v) is 15.4. The van der Waals surface area contributed by atoms with Crippen LogP contribution in [0, 0.1) is 0 Å². The second kappa shape index (κ2) is 6.37. The van der Waals surface area contributed by atoms with Crippen molar-refractivity contribution in [3.05, 3.63) is 72.1 Å². The zero-order chi connectivity index (χ0) is 18.3. The molecular formula is C22H23N3O. The molecule has 1 N–H and O–H groups in total. The Morgan fingerprint density at radius 2 is 1.35 bits per heavy atom. The number of para-hydroxylation sites is 2. The van der Waals surface area contributed by atoms with E-state index < -0.39 is 0 Å². The number of fused-ring (bicyclic) bond motifs is 2. The van der Waals surface area contributed by atoms with Gasteiger partial charge in [0.05, 0.1) is 0 Å². The Balaban J connectivity index is 1.93. The van der Waals surface area contributed by atoms with Gasteiger partial charge in [0.25, 0.3) is 0 Å². The molecule has 26 heavy (non-hydrogen) atoms. The molecule has 2 aromatic heterocycles. The maximum Gasteiger partial charge on any atom is 0.216 e. The van der Waals surface area contributed by atoms with Crippen molar-refractivity contribution in [2.75, 3.05) is 6.54 Å². The predicted molar refractivity (Wildman–Crippen MR) is 106 cm³/mol. The maximum atomic E-state index is 11.6. The van der Waals surface area contributed by atoms with Crippen LogP contribution in [0.1, 0.15) is 24.0 Å². The molecule has 0 fully saturated rings. The monoisotopic (exact) mass is 345 g/mol. The van der Waals surface area contributed by atoms with E-state index in [1.807, 2.05) is 0 Å². The van der Waals surface area contributed by atoms with Crippen LogP contribution in [0.25, 0.3) is 21.8 Å². The quantitative estimate of drug-likeness (QED) is 0.598. The first-order valence-corrected chi connectivity index (χ1v) is 8.88. The second-order valence-corrected chi connectivity index (χ2v) is 6.91. The number of hydrogen-bond acceptors (Lipinski definition) is 1. The molecule has 2 heterocycles. The van der Waals surface area contributed by atoms with Gasteiger partial charge in [0.15, 0.2) is 0 Å². The summed E-state index contributed by atoms with van der Waals surface area (Å²) in [7, 11) is 4.15. The molecule has 4 aromatic rings. The number of carbonyl (C=O) groups excluding carboxylic acids is 1. The molecule has 0 spiro atoms. The summed E-state index contributed by atoms with van der Waals surface area (Å²) in [6.45, 7) is 2.15. The molecule has 132 valence electrons. The van der Waals surface area contributed by atoms with Gasteiger partial charge in [0.1, 0.15) is 0 Å². The summed E-state index contributed by atoms with van der Waals surface area (Å²) in [6, 6.07) is 16.9. The van der Waals surface area contributed by atoms with E-state index in [-0.39, 0.29) is 11.8 Å². The van der Waals surface area contributed by atoms with Crippen molar-refractivity contribution < 1.29 is 4.79 Å². The fourth-order valence-electron chi connectivity index (χ4n) is 3.93. The lowest BCUT2D eigenvalue weighted by molar-refractivity contribution is -0.118.